The first-order valence-electron chi connectivity index (χ1n) is 8.90. The molecule has 0 fully saturated rings. The van der Waals surface area contributed by atoms with Gasteiger partial charge < -0.3 is 19.1 Å². The normalized spacial score (nSPS) is 10.6. The number of esters is 1. The van der Waals surface area contributed by atoms with E-state index in [4.69, 9.17) is 14.2 Å². The fourth-order valence-corrected chi connectivity index (χ4v) is 2.91. The third-order valence-electron chi connectivity index (χ3n) is 4.18. The molecule has 2 rings (SSSR count). The Morgan fingerprint density at radius 1 is 1.07 bits per heavy atom. The molecule has 2 aromatic carbocycles. The van der Waals surface area contributed by atoms with Crippen molar-refractivity contribution < 1.29 is 23.8 Å². The number of hydrogen-bond acceptors (Lipinski definition) is 6. The molecule has 0 heterocycles. The summed E-state index contributed by atoms with van der Waals surface area (Å²) in [6.07, 6.45) is 4.85. The highest BCUT2D eigenvalue weighted by atomic mass is 32.2. The Kier molecular flexibility index (Phi) is 8.61. The fourth-order valence-electron chi connectivity index (χ4n) is 2.50. The van der Waals surface area contributed by atoms with E-state index >= 15 is 0 Å². The van der Waals surface area contributed by atoms with Gasteiger partial charge in [0.2, 0.25) is 0 Å². The molecule has 7 heteroatoms. The summed E-state index contributed by atoms with van der Waals surface area (Å²) in [6.45, 7) is 0.131. The minimum absolute atomic E-state index is 0.275. The summed E-state index contributed by atoms with van der Waals surface area (Å²) in [5.74, 6) is 0.340. The predicted molar refractivity (Wildman–Crippen MR) is 114 cm³/mol. The van der Waals surface area contributed by atoms with Crippen LogP contribution in [0.15, 0.2) is 53.4 Å². The average Bonchev–Trinajstić information content (AvgIpc) is 2.76. The van der Waals surface area contributed by atoms with Crippen molar-refractivity contribution in [2.24, 2.45) is 0 Å². The van der Waals surface area contributed by atoms with Gasteiger partial charge >= 0.3 is 5.97 Å². The molecule has 154 valence electrons. The lowest BCUT2D eigenvalue weighted by molar-refractivity contribution is -0.147. The van der Waals surface area contributed by atoms with Crippen LogP contribution in [0, 0.1) is 0 Å². The number of methoxy groups -OCH3 is 2. The molecule has 29 heavy (non-hydrogen) atoms. The van der Waals surface area contributed by atoms with Gasteiger partial charge in [0, 0.05) is 36.2 Å². The highest BCUT2D eigenvalue weighted by Crippen LogP contribution is 2.25. The number of thioether (sulfide) groups is 1. The lowest BCUT2D eigenvalue weighted by Crippen LogP contribution is -2.30. The molecule has 0 bridgehead atoms. The smallest absolute Gasteiger partial charge is 0.331 e. The molecule has 0 aromatic heterocycles. The summed E-state index contributed by atoms with van der Waals surface area (Å²) in [7, 11) is 4.78. The van der Waals surface area contributed by atoms with Gasteiger partial charge in [0.05, 0.1) is 14.2 Å². The molecule has 0 aliphatic heterocycles. The highest BCUT2D eigenvalue weighted by molar-refractivity contribution is 7.98. The fraction of sp³-hybridized carbons (Fsp3) is 0.273. The first-order chi connectivity index (χ1) is 14.0. The Hall–Kier alpha value is -2.93. The minimum atomic E-state index is -0.603. The maximum atomic E-state index is 12.2. The molecule has 0 unspecified atom stereocenters. The summed E-state index contributed by atoms with van der Waals surface area (Å²) in [5, 5.41) is 0. The molecule has 0 saturated heterocycles. The van der Waals surface area contributed by atoms with Gasteiger partial charge in [-0.3, -0.25) is 4.79 Å². The number of hydrogen-bond donors (Lipinski definition) is 0. The lowest BCUT2D eigenvalue weighted by Gasteiger charge is -2.17. The average molecular weight is 416 g/mol. The van der Waals surface area contributed by atoms with Crippen LogP contribution in [0.4, 0.5) is 0 Å². The number of carbonyl (C=O) groups excluding carboxylic acids is 2. The molecular formula is C22H25NO5S. The van der Waals surface area contributed by atoms with Gasteiger partial charge in [-0.2, -0.15) is 0 Å². The van der Waals surface area contributed by atoms with Crippen molar-refractivity contribution in [2.45, 2.75) is 11.4 Å². The van der Waals surface area contributed by atoms with Gasteiger partial charge in [0.25, 0.3) is 5.91 Å². The van der Waals surface area contributed by atoms with Crippen LogP contribution < -0.4 is 9.47 Å². The topological polar surface area (TPSA) is 65.1 Å². The van der Waals surface area contributed by atoms with Gasteiger partial charge in [-0.05, 0) is 42.2 Å². The monoisotopic (exact) mass is 415 g/mol. The van der Waals surface area contributed by atoms with Crippen LogP contribution in [0.2, 0.25) is 0 Å². The van der Waals surface area contributed by atoms with E-state index in [-0.39, 0.29) is 12.5 Å². The van der Waals surface area contributed by atoms with E-state index in [1.165, 1.54) is 18.1 Å². The molecule has 0 radical (unpaired) electrons. The maximum Gasteiger partial charge on any atom is 0.331 e. The van der Waals surface area contributed by atoms with Gasteiger partial charge in [0.15, 0.2) is 6.61 Å². The number of benzene rings is 2. The van der Waals surface area contributed by atoms with Crippen molar-refractivity contribution in [3.63, 3.8) is 0 Å². The van der Waals surface area contributed by atoms with E-state index in [0.29, 0.717) is 23.6 Å². The summed E-state index contributed by atoms with van der Waals surface area (Å²) < 4.78 is 15.5. The Bertz CT molecular complexity index is 864. The van der Waals surface area contributed by atoms with Crippen LogP contribution in [-0.4, -0.2) is 50.9 Å². The van der Waals surface area contributed by atoms with Crippen LogP contribution in [0.3, 0.4) is 0 Å². The molecule has 0 aliphatic carbocycles. The zero-order valence-electron chi connectivity index (χ0n) is 17.0. The first kappa shape index (κ1) is 22.4. The number of carbonyl (C=O) groups is 2. The van der Waals surface area contributed by atoms with E-state index in [9.17, 15) is 9.59 Å². The van der Waals surface area contributed by atoms with Crippen LogP contribution in [0.1, 0.15) is 11.1 Å². The Balaban J connectivity index is 1.86. The Morgan fingerprint density at radius 2 is 1.79 bits per heavy atom. The highest BCUT2D eigenvalue weighted by Gasteiger charge is 2.12. The number of rotatable bonds is 9. The van der Waals surface area contributed by atoms with Crippen LogP contribution >= 0.6 is 11.8 Å². The van der Waals surface area contributed by atoms with E-state index in [1.54, 1.807) is 50.2 Å². The van der Waals surface area contributed by atoms with Gasteiger partial charge in [-0.25, -0.2) is 4.79 Å². The van der Waals surface area contributed by atoms with Crippen molar-refractivity contribution in [2.75, 3.05) is 34.1 Å². The second kappa shape index (κ2) is 11.2. The van der Waals surface area contributed by atoms with E-state index in [1.807, 2.05) is 30.5 Å². The minimum Gasteiger partial charge on any atom is -0.497 e. The third kappa shape index (κ3) is 6.87. The molecule has 0 aliphatic rings. The number of nitrogens with zero attached hydrogens (tertiary/aromatic N) is 1. The maximum absolute atomic E-state index is 12.2. The van der Waals surface area contributed by atoms with Gasteiger partial charge in [-0.15, -0.1) is 11.8 Å². The number of amides is 1. The summed E-state index contributed by atoms with van der Waals surface area (Å²) >= 11 is 1.66. The van der Waals surface area contributed by atoms with E-state index < -0.39 is 5.97 Å². The van der Waals surface area contributed by atoms with Crippen molar-refractivity contribution in [3.05, 3.63) is 59.7 Å². The number of ether oxygens (including phenoxy) is 3. The summed E-state index contributed by atoms with van der Waals surface area (Å²) in [5.41, 5.74) is 1.71. The van der Waals surface area contributed by atoms with E-state index in [0.717, 1.165) is 10.5 Å². The lowest BCUT2D eigenvalue weighted by atomic mass is 10.2. The molecule has 0 atom stereocenters. The predicted octanol–water partition coefficient (Wildman–Crippen LogP) is 3.64. The standard InChI is InChI=1S/C22H25NO5S/c1-23(14-16-5-10-19(29-4)11-6-16)21(24)15-28-22(25)12-8-17-7-9-18(26-2)13-20(17)27-3/h5-13H,14-15H2,1-4H3/b12-8+. The number of likely N-dealkylation sites (N-methyl/N-ethyl adjacent to an activating group) is 1. The van der Waals surface area contributed by atoms with Gasteiger partial charge in [0.1, 0.15) is 11.5 Å². The zero-order chi connectivity index (χ0) is 21.2. The molecule has 6 nitrogen and oxygen atoms in total. The molecule has 2 aromatic rings. The zero-order valence-corrected chi connectivity index (χ0v) is 17.8. The largest absolute Gasteiger partial charge is 0.497 e. The second-order valence-corrected chi connectivity index (χ2v) is 7.03. The third-order valence-corrected chi connectivity index (χ3v) is 4.93. The Morgan fingerprint density at radius 3 is 2.41 bits per heavy atom. The summed E-state index contributed by atoms with van der Waals surface area (Å²) in [6, 6.07) is 13.2. The second-order valence-electron chi connectivity index (χ2n) is 6.15. The van der Waals surface area contributed by atoms with Crippen molar-refractivity contribution in [1.82, 2.24) is 4.90 Å². The quantitative estimate of drug-likeness (QED) is 0.354. The SMILES string of the molecule is COc1ccc(/C=C/C(=O)OCC(=O)N(C)Cc2ccc(SC)cc2)c(OC)c1. The van der Waals surface area contributed by atoms with Crippen LogP contribution in [-0.2, 0) is 20.9 Å². The molecule has 0 spiro atoms. The van der Waals surface area contributed by atoms with Crippen LogP contribution in [0.5, 0.6) is 11.5 Å². The first-order valence-corrected chi connectivity index (χ1v) is 10.1. The molecular weight excluding hydrogens is 390 g/mol. The molecule has 0 saturated carbocycles. The Labute approximate surface area is 175 Å². The van der Waals surface area contributed by atoms with Crippen molar-refractivity contribution >= 4 is 29.7 Å². The van der Waals surface area contributed by atoms with Crippen molar-refractivity contribution in [1.29, 1.82) is 0 Å². The molecule has 1 amide bonds. The molecule has 0 N–H and O–H groups in total. The summed E-state index contributed by atoms with van der Waals surface area (Å²) in [4.78, 5) is 26.8. The van der Waals surface area contributed by atoms with Crippen molar-refractivity contribution in [3.8, 4) is 11.5 Å². The van der Waals surface area contributed by atoms with E-state index in [2.05, 4.69) is 0 Å². The van der Waals surface area contributed by atoms with Gasteiger partial charge in [-0.1, -0.05) is 12.1 Å². The van der Waals surface area contributed by atoms with Crippen LogP contribution in [0.25, 0.3) is 6.08 Å².